The Bertz CT molecular complexity index is 463. The molecule has 0 aromatic carbocycles. The van der Waals surface area contributed by atoms with Gasteiger partial charge in [0.15, 0.2) is 0 Å². The van der Waals surface area contributed by atoms with E-state index >= 15 is 0 Å². The van der Waals surface area contributed by atoms with Crippen LogP contribution in [0.15, 0.2) is 0 Å². The maximum Gasteiger partial charge on any atom is 0.302 e. The van der Waals surface area contributed by atoms with Crippen molar-refractivity contribution in [3.8, 4) is 0 Å². The van der Waals surface area contributed by atoms with Crippen LogP contribution >= 0.6 is 0 Å². The van der Waals surface area contributed by atoms with Crippen LogP contribution in [0.3, 0.4) is 0 Å². The molecule has 0 saturated carbocycles. The van der Waals surface area contributed by atoms with E-state index in [0.717, 1.165) is 25.9 Å². The topological polar surface area (TPSA) is 77.9 Å². The van der Waals surface area contributed by atoms with Crippen molar-refractivity contribution in [2.75, 3.05) is 45.1 Å². The van der Waals surface area contributed by atoms with Crippen LogP contribution in [0.5, 0.6) is 0 Å². The van der Waals surface area contributed by atoms with Gasteiger partial charge in [0.2, 0.25) is 5.91 Å². The molecule has 0 radical (unpaired) electrons. The summed E-state index contributed by atoms with van der Waals surface area (Å²) in [6, 6.07) is 0. The Morgan fingerprint density at radius 2 is 1.90 bits per heavy atom. The second kappa shape index (κ2) is 7.02. The number of carbonyl (C=O) groups is 1. The van der Waals surface area contributed by atoms with Crippen molar-refractivity contribution in [1.82, 2.24) is 9.80 Å². The van der Waals surface area contributed by atoms with Crippen LogP contribution in [0.2, 0.25) is 0 Å². The Labute approximate surface area is 125 Å². The van der Waals surface area contributed by atoms with Gasteiger partial charge in [-0.25, -0.2) is 0 Å². The van der Waals surface area contributed by atoms with E-state index in [2.05, 4.69) is 4.90 Å². The molecule has 2 heterocycles. The van der Waals surface area contributed by atoms with Gasteiger partial charge in [-0.2, -0.15) is 8.42 Å². The van der Waals surface area contributed by atoms with Crippen molar-refractivity contribution < 1.29 is 22.2 Å². The fourth-order valence-corrected chi connectivity index (χ4v) is 4.06. The maximum absolute atomic E-state index is 12.7. The van der Waals surface area contributed by atoms with Gasteiger partial charge in [0, 0.05) is 32.0 Å². The van der Waals surface area contributed by atoms with E-state index in [4.69, 9.17) is 5.11 Å². The summed E-state index contributed by atoms with van der Waals surface area (Å²) in [4.78, 5) is 15.8. The molecule has 122 valence electrons. The smallest absolute Gasteiger partial charge is 0.302 e. The van der Waals surface area contributed by atoms with Crippen LogP contribution in [-0.2, 0) is 15.0 Å². The van der Waals surface area contributed by atoms with Crippen LogP contribution in [-0.4, -0.2) is 74.3 Å². The van der Waals surface area contributed by atoms with Crippen LogP contribution < -0.4 is 0 Å². The molecule has 2 saturated heterocycles. The molecule has 2 rings (SSSR count). The molecule has 0 aliphatic carbocycles. The minimum Gasteiger partial charge on any atom is -0.395 e. The highest BCUT2D eigenvalue weighted by Crippen LogP contribution is 2.24. The van der Waals surface area contributed by atoms with Gasteiger partial charge in [0.25, 0.3) is 0 Å². The molecular weight excluding hydrogens is 299 g/mol. The molecule has 8 heteroatoms. The Morgan fingerprint density at radius 1 is 1.24 bits per heavy atom. The van der Waals surface area contributed by atoms with E-state index in [0.29, 0.717) is 25.6 Å². The highest BCUT2D eigenvalue weighted by atomic mass is 32.3. The molecule has 2 aliphatic heterocycles. The molecule has 0 aromatic heterocycles. The number of nitrogens with zero attached hydrogens (tertiary/aromatic N) is 2. The third kappa shape index (κ3) is 5.19. The number of aliphatic hydroxyl groups is 1. The number of hydrogen-bond donors (Lipinski definition) is 1. The van der Waals surface area contributed by atoms with E-state index in [1.165, 1.54) is 0 Å². The average molecular weight is 322 g/mol. The van der Waals surface area contributed by atoms with Gasteiger partial charge in [0.05, 0.1) is 12.4 Å². The number of hydrogen-bond acceptors (Lipinski definition) is 5. The molecule has 1 N–H and O–H groups in total. The average Bonchev–Trinajstić information content (AvgIpc) is 2.70. The van der Waals surface area contributed by atoms with Crippen LogP contribution in [0, 0.1) is 11.8 Å². The van der Waals surface area contributed by atoms with Crippen molar-refractivity contribution in [2.45, 2.75) is 19.3 Å². The van der Waals surface area contributed by atoms with Crippen molar-refractivity contribution >= 4 is 16.1 Å². The Balaban J connectivity index is 1.78. The van der Waals surface area contributed by atoms with Crippen molar-refractivity contribution in [3.05, 3.63) is 0 Å². The normalized spacial score (nSPS) is 25.7. The number of rotatable bonds is 6. The summed E-state index contributed by atoms with van der Waals surface area (Å²) >= 11 is 0. The van der Waals surface area contributed by atoms with E-state index < -0.39 is 21.9 Å². The minimum absolute atomic E-state index is 0.0681. The first-order valence-corrected chi connectivity index (χ1v) is 8.96. The first kappa shape index (κ1) is 16.6. The highest BCUT2D eigenvalue weighted by Gasteiger charge is 2.34. The summed E-state index contributed by atoms with van der Waals surface area (Å²) in [5.74, 6) is -0.627. The van der Waals surface area contributed by atoms with Crippen LogP contribution in [0.4, 0.5) is 3.89 Å². The molecule has 0 bridgehead atoms. The fourth-order valence-electron chi connectivity index (χ4n) is 3.27. The first-order valence-electron chi connectivity index (χ1n) is 7.40. The van der Waals surface area contributed by atoms with Gasteiger partial charge in [-0.05, 0) is 31.8 Å². The second-order valence-corrected chi connectivity index (χ2v) is 7.49. The Morgan fingerprint density at radius 3 is 2.48 bits per heavy atom. The number of aliphatic hydroxyl groups excluding tert-OH is 1. The zero-order valence-electron chi connectivity index (χ0n) is 12.1. The summed E-state index contributed by atoms with van der Waals surface area (Å²) in [5.41, 5.74) is 0. The number of piperidine rings is 1. The summed E-state index contributed by atoms with van der Waals surface area (Å²) in [5, 5.41) is 8.90. The zero-order chi connectivity index (χ0) is 15.5. The largest absolute Gasteiger partial charge is 0.395 e. The molecule has 1 amide bonds. The lowest BCUT2D eigenvalue weighted by molar-refractivity contribution is -0.128. The summed E-state index contributed by atoms with van der Waals surface area (Å²) in [6.07, 6.45) is 2.07. The molecule has 2 fully saturated rings. The standard InChI is InChI=1S/C13H23FN2O4S/c14-21(19,20)10-12-7-13(18)16(9-12)8-11-1-3-15(4-2-11)5-6-17/h11-12,17H,1-10H2. The van der Waals surface area contributed by atoms with Gasteiger partial charge in [-0.3, -0.25) is 4.79 Å². The van der Waals surface area contributed by atoms with Gasteiger partial charge in [-0.15, -0.1) is 3.89 Å². The number of carbonyl (C=O) groups excluding carboxylic acids is 1. The second-order valence-electron chi connectivity index (χ2n) is 6.08. The number of amides is 1. The number of β-amino-alcohol motifs (C(OH)–C–C–N with tert-alkyl or cyclic N) is 1. The summed E-state index contributed by atoms with van der Waals surface area (Å²) in [6.45, 7) is 3.65. The Kier molecular flexibility index (Phi) is 5.56. The molecule has 6 nitrogen and oxygen atoms in total. The molecule has 21 heavy (non-hydrogen) atoms. The van der Waals surface area contributed by atoms with Crippen molar-refractivity contribution in [2.24, 2.45) is 11.8 Å². The summed E-state index contributed by atoms with van der Waals surface area (Å²) < 4.78 is 34.0. The van der Waals surface area contributed by atoms with Gasteiger partial charge in [-0.1, -0.05) is 0 Å². The molecule has 0 spiro atoms. The lowest BCUT2D eigenvalue weighted by atomic mass is 9.96. The quantitative estimate of drug-likeness (QED) is 0.688. The number of likely N-dealkylation sites (tertiary alicyclic amines) is 2. The molecule has 1 atom stereocenters. The monoisotopic (exact) mass is 322 g/mol. The van der Waals surface area contributed by atoms with E-state index in [1.54, 1.807) is 4.90 Å². The predicted octanol–water partition coefficient (Wildman–Crippen LogP) is -0.161. The maximum atomic E-state index is 12.7. The lowest BCUT2D eigenvalue weighted by Gasteiger charge is -2.33. The molecular formula is C13H23FN2O4S. The van der Waals surface area contributed by atoms with Gasteiger partial charge < -0.3 is 14.9 Å². The van der Waals surface area contributed by atoms with E-state index in [1.807, 2.05) is 0 Å². The fraction of sp³-hybridized carbons (Fsp3) is 0.923. The van der Waals surface area contributed by atoms with Crippen molar-refractivity contribution in [1.29, 1.82) is 0 Å². The van der Waals surface area contributed by atoms with E-state index in [-0.39, 0.29) is 18.9 Å². The minimum atomic E-state index is -4.51. The van der Waals surface area contributed by atoms with Gasteiger partial charge >= 0.3 is 10.2 Å². The third-order valence-corrected chi connectivity index (χ3v) is 5.20. The van der Waals surface area contributed by atoms with E-state index in [9.17, 15) is 17.1 Å². The van der Waals surface area contributed by atoms with Crippen LogP contribution in [0.1, 0.15) is 19.3 Å². The number of halogens is 1. The molecule has 2 aliphatic rings. The van der Waals surface area contributed by atoms with Gasteiger partial charge in [0.1, 0.15) is 0 Å². The highest BCUT2D eigenvalue weighted by molar-refractivity contribution is 7.86. The first-order chi connectivity index (χ1) is 9.87. The third-order valence-electron chi connectivity index (χ3n) is 4.33. The van der Waals surface area contributed by atoms with Crippen LogP contribution in [0.25, 0.3) is 0 Å². The molecule has 0 aromatic rings. The summed E-state index contributed by atoms with van der Waals surface area (Å²) in [7, 11) is -4.51. The SMILES string of the molecule is O=C1CC(CS(=O)(=O)F)CN1CC1CCN(CCO)CC1. The predicted molar refractivity (Wildman–Crippen MR) is 75.8 cm³/mol. The van der Waals surface area contributed by atoms with Crippen molar-refractivity contribution in [3.63, 3.8) is 0 Å². The Hall–Kier alpha value is -0.730. The lowest BCUT2D eigenvalue weighted by Crippen LogP contribution is -2.40. The molecule has 1 unspecified atom stereocenters. The zero-order valence-corrected chi connectivity index (χ0v) is 12.9.